The molecule has 1 amide bonds. The summed E-state index contributed by atoms with van der Waals surface area (Å²) in [5, 5.41) is 2.42. The SMILES string of the molecule is CNC(=O)c1ccc(-c2cc(F)c(C(C)C)cc2C(F)F)cn1. The first-order valence-electron chi connectivity index (χ1n) is 7.15. The van der Waals surface area contributed by atoms with Crippen molar-refractivity contribution in [1.29, 1.82) is 0 Å². The number of amides is 1. The monoisotopic (exact) mass is 322 g/mol. The van der Waals surface area contributed by atoms with Gasteiger partial charge in [-0.25, -0.2) is 13.2 Å². The van der Waals surface area contributed by atoms with E-state index < -0.39 is 12.2 Å². The Bertz CT molecular complexity index is 713. The van der Waals surface area contributed by atoms with Gasteiger partial charge in [-0.2, -0.15) is 0 Å². The predicted molar refractivity (Wildman–Crippen MR) is 82.1 cm³/mol. The second-order valence-electron chi connectivity index (χ2n) is 5.43. The molecule has 0 saturated carbocycles. The molecule has 0 aliphatic carbocycles. The third-order valence-corrected chi connectivity index (χ3v) is 3.56. The summed E-state index contributed by atoms with van der Waals surface area (Å²) in [7, 11) is 1.47. The van der Waals surface area contributed by atoms with Crippen LogP contribution in [0.3, 0.4) is 0 Å². The maximum absolute atomic E-state index is 14.2. The number of halogens is 3. The molecule has 0 unspecified atom stereocenters. The molecule has 2 aromatic rings. The molecular formula is C17H17F3N2O. The van der Waals surface area contributed by atoms with Crippen molar-refractivity contribution < 1.29 is 18.0 Å². The van der Waals surface area contributed by atoms with Gasteiger partial charge in [0.05, 0.1) is 0 Å². The Labute approximate surface area is 132 Å². The van der Waals surface area contributed by atoms with Gasteiger partial charge in [0, 0.05) is 24.4 Å². The van der Waals surface area contributed by atoms with Crippen LogP contribution in [0.15, 0.2) is 30.5 Å². The van der Waals surface area contributed by atoms with Crippen LogP contribution in [-0.2, 0) is 0 Å². The number of benzene rings is 1. The fourth-order valence-corrected chi connectivity index (χ4v) is 2.30. The fourth-order valence-electron chi connectivity index (χ4n) is 2.30. The van der Waals surface area contributed by atoms with E-state index in [2.05, 4.69) is 10.3 Å². The standard InChI is InChI=1S/C17H17F3N2O/c1-9(2)11-6-13(16(19)20)12(7-14(11)18)10-4-5-15(22-8-10)17(23)21-3/h4-9,16H,1-3H3,(H,21,23). The van der Waals surface area contributed by atoms with Crippen LogP contribution in [-0.4, -0.2) is 17.9 Å². The highest BCUT2D eigenvalue weighted by Gasteiger charge is 2.20. The Morgan fingerprint density at radius 3 is 2.35 bits per heavy atom. The number of hydrogen-bond acceptors (Lipinski definition) is 2. The third-order valence-electron chi connectivity index (χ3n) is 3.56. The molecule has 0 bridgehead atoms. The van der Waals surface area contributed by atoms with Crippen molar-refractivity contribution in [2.45, 2.75) is 26.2 Å². The van der Waals surface area contributed by atoms with E-state index in [1.807, 2.05) is 0 Å². The molecule has 0 atom stereocenters. The smallest absolute Gasteiger partial charge is 0.269 e. The zero-order chi connectivity index (χ0) is 17.1. The number of rotatable bonds is 4. The fraction of sp³-hybridized carbons (Fsp3) is 0.294. The highest BCUT2D eigenvalue weighted by Crippen LogP contribution is 2.35. The van der Waals surface area contributed by atoms with Crippen LogP contribution in [0.25, 0.3) is 11.1 Å². The first kappa shape index (κ1) is 17.0. The Balaban J connectivity index is 2.54. The number of hydrogen-bond donors (Lipinski definition) is 1. The van der Waals surface area contributed by atoms with Crippen LogP contribution < -0.4 is 5.32 Å². The zero-order valence-corrected chi connectivity index (χ0v) is 13.0. The minimum absolute atomic E-state index is 0.0813. The van der Waals surface area contributed by atoms with E-state index in [1.54, 1.807) is 13.8 Å². The van der Waals surface area contributed by atoms with Gasteiger partial charge in [-0.15, -0.1) is 0 Å². The van der Waals surface area contributed by atoms with Gasteiger partial charge in [0.2, 0.25) is 0 Å². The predicted octanol–water partition coefficient (Wildman–Crippen LogP) is 4.31. The van der Waals surface area contributed by atoms with E-state index in [4.69, 9.17) is 0 Å². The summed E-state index contributed by atoms with van der Waals surface area (Å²) in [4.78, 5) is 15.4. The molecule has 0 spiro atoms. The molecule has 3 nitrogen and oxygen atoms in total. The minimum atomic E-state index is -2.73. The number of nitrogens with one attached hydrogen (secondary N) is 1. The maximum Gasteiger partial charge on any atom is 0.269 e. The normalized spacial score (nSPS) is 11.1. The van der Waals surface area contributed by atoms with E-state index in [0.29, 0.717) is 5.56 Å². The molecule has 0 saturated heterocycles. The largest absolute Gasteiger partial charge is 0.354 e. The van der Waals surface area contributed by atoms with E-state index in [1.165, 1.54) is 31.4 Å². The van der Waals surface area contributed by atoms with E-state index >= 15 is 0 Å². The van der Waals surface area contributed by atoms with Gasteiger partial charge in [0.25, 0.3) is 12.3 Å². The van der Waals surface area contributed by atoms with Crippen molar-refractivity contribution >= 4 is 5.91 Å². The van der Waals surface area contributed by atoms with Crippen LogP contribution in [0.2, 0.25) is 0 Å². The minimum Gasteiger partial charge on any atom is -0.354 e. The van der Waals surface area contributed by atoms with Gasteiger partial charge in [-0.05, 0) is 35.2 Å². The Kier molecular flexibility index (Phi) is 5.03. The highest BCUT2D eigenvalue weighted by atomic mass is 19.3. The van der Waals surface area contributed by atoms with Gasteiger partial charge in [0.1, 0.15) is 11.5 Å². The van der Waals surface area contributed by atoms with Gasteiger partial charge in [0.15, 0.2) is 0 Å². The van der Waals surface area contributed by atoms with Gasteiger partial charge < -0.3 is 5.32 Å². The van der Waals surface area contributed by atoms with Crippen molar-refractivity contribution in [3.8, 4) is 11.1 Å². The number of pyridine rings is 1. The molecule has 0 aliphatic heterocycles. The molecule has 2 rings (SSSR count). The van der Waals surface area contributed by atoms with Crippen LogP contribution >= 0.6 is 0 Å². The summed E-state index contributed by atoms with van der Waals surface area (Å²) in [6.45, 7) is 3.49. The lowest BCUT2D eigenvalue weighted by atomic mass is 9.93. The molecule has 122 valence electrons. The van der Waals surface area contributed by atoms with Gasteiger partial charge >= 0.3 is 0 Å². The molecule has 1 N–H and O–H groups in total. The molecule has 0 fully saturated rings. The Morgan fingerprint density at radius 1 is 1.17 bits per heavy atom. The molecule has 6 heteroatoms. The van der Waals surface area contributed by atoms with E-state index in [9.17, 15) is 18.0 Å². The van der Waals surface area contributed by atoms with Crippen molar-refractivity contribution in [3.05, 3.63) is 53.1 Å². The molecule has 0 aliphatic rings. The Hall–Kier alpha value is -2.37. The van der Waals surface area contributed by atoms with Crippen molar-refractivity contribution in [3.63, 3.8) is 0 Å². The molecular weight excluding hydrogens is 305 g/mol. The topological polar surface area (TPSA) is 42.0 Å². The van der Waals surface area contributed by atoms with Gasteiger partial charge in [-0.3, -0.25) is 9.78 Å². The number of aromatic nitrogens is 1. The van der Waals surface area contributed by atoms with Crippen molar-refractivity contribution in [2.24, 2.45) is 0 Å². The lowest BCUT2D eigenvalue weighted by molar-refractivity contribution is 0.0958. The van der Waals surface area contributed by atoms with Gasteiger partial charge in [-0.1, -0.05) is 19.9 Å². The summed E-state index contributed by atoms with van der Waals surface area (Å²) in [5.74, 6) is -1.11. The summed E-state index contributed by atoms with van der Waals surface area (Å²) in [6.07, 6.45) is -1.44. The molecule has 1 aromatic carbocycles. The quantitative estimate of drug-likeness (QED) is 0.911. The molecule has 1 heterocycles. The second-order valence-corrected chi connectivity index (χ2v) is 5.43. The lowest BCUT2D eigenvalue weighted by Gasteiger charge is -2.15. The number of alkyl halides is 2. The summed E-state index contributed by atoms with van der Waals surface area (Å²) in [5.41, 5.74) is 0.581. The lowest BCUT2D eigenvalue weighted by Crippen LogP contribution is -2.18. The molecule has 0 radical (unpaired) electrons. The first-order chi connectivity index (χ1) is 10.8. The van der Waals surface area contributed by atoms with E-state index in [0.717, 1.165) is 6.07 Å². The van der Waals surface area contributed by atoms with Crippen LogP contribution in [0.5, 0.6) is 0 Å². The first-order valence-corrected chi connectivity index (χ1v) is 7.15. The van der Waals surface area contributed by atoms with E-state index in [-0.39, 0.29) is 34.2 Å². The number of nitrogens with zero attached hydrogens (tertiary/aromatic N) is 1. The summed E-state index contributed by atoms with van der Waals surface area (Å²) in [6, 6.07) is 5.20. The zero-order valence-electron chi connectivity index (χ0n) is 13.0. The van der Waals surface area contributed by atoms with Crippen LogP contribution in [0.4, 0.5) is 13.2 Å². The molecule has 23 heavy (non-hydrogen) atoms. The second kappa shape index (κ2) is 6.81. The van der Waals surface area contributed by atoms with Crippen LogP contribution in [0.1, 0.15) is 47.8 Å². The average molecular weight is 322 g/mol. The average Bonchev–Trinajstić information content (AvgIpc) is 2.53. The highest BCUT2D eigenvalue weighted by molar-refractivity contribution is 5.92. The summed E-state index contributed by atoms with van der Waals surface area (Å²) >= 11 is 0. The summed E-state index contributed by atoms with van der Waals surface area (Å²) < 4.78 is 40.8. The van der Waals surface area contributed by atoms with Crippen molar-refractivity contribution in [2.75, 3.05) is 7.05 Å². The maximum atomic E-state index is 14.2. The Morgan fingerprint density at radius 2 is 1.87 bits per heavy atom. The molecule has 1 aromatic heterocycles. The third kappa shape index (κ3) is 3.52. The van der Waals surface area contributed by atoms with Crippen molar-refractivity contribution in [1.82, 2.24) is 10.3 Å². The number of carbonyl (C=O) groups excluding carboxylic acids is 1. The number of carbonyl (C=O) groups is 1. The van der Waals surface area contributed by atoms with Crippen LogP contribution in [0, 0.1) is 5.82 Å².